The molecular formula is C24H44F2O3Si. The minimum absolute atomic E-state index is 0.00811. The van der Waals surface area contributed by atoms with Gasteiger partial charge >= 0.3 is 11.9 Å². The molecule has 0 aromatic carbocycles. The fourth-order valence-corrected chi connectivity index (χ4v) is 9.43. The highest BCUT2D eigenvalue weighted by molar-refractivity contribution is 6.73. The molecule has 5 atom stereocenters. The summed E-state index contributed by atoms with van der Waals surface area (Å²) < 4.78 is 39.8. The molecule has 0 radical (unpaired) electrons. The first-order valence-electron chi connectivity index (χ1n) is 12.3. The number of carbonyl (C=O) groups excluding carboxylic acids is 1. The van der Waals surface area contributed by atoms with E-state index in [1.54, 1.807) is 6.92 Å². The maximum atomic E-state index is 14.2. The molecule has 0 heterocycles. The lowest BCUT2D eigenvalue weighted by molar-refractivity contribution is -0.173. The van der Waals surface area contributed by atoms with Crippen LogP contribution >= 0.6 is 0 Å². The maximum Gasteiger partial charge on any atom is 0.376 e. The second kappa shape index (κ2) is 10.4. The van der Waals surface area contributed by atoms with Crippen LogP contribution in [0.4, 0.5) is 8.78 Å². The summed E-state index contributed by atoms with van der Waals surface area (Å²) >= 11 is 0. The molecule has 2 fully saturated rings. The van der Waals surface area contributed by atoms with Gasteiger partial charge in [0.05, 0.1) is 6.61 Å². The Morgan fingerprint density at radius 2 is 1.77 bits per heavy atom. The monoisotopic (exact) mass is 446 g/mol. The Morgan fingerprint density at radius 3 is 2.33 bits per heavy atom. The van der Waals surface area contributed by atoms with Gasteiger partial charge < -0.3 is 9.16 Å². The standard InChI is InChI=1S/C24H44F2O3Si/c1-7-28-22(27)24(25,26)17-15-18(5)19-13-14-20-21(12-11-16-23(19,20)6)29-30(8-2,9-3)10-4/h18-21H,7-17H2,1-6H3/t18?,19?,20?,21-,23+/m0/s1. The van der Waals surface area contributed by atoms with Gasteiger partial charge in [0.15, 0.2) is 8.32 Å². The second-order valence-electron chi connectivity index (χ2n) is 10.0. The van der Waals surface area contributed by atoms with E-state index in [2.05, 4.69) is 39.4 Å². The van der Waals surface area contributed by atoms with Crippen LogP contribution in [-0.2, 0) is 14.0 Å². The van der Waals surface area contributed by atoms with E-state index in [1.165, 1.54) is 31.0 Å². The number of carbonyl (C=O) groups is 1. The highest BCUT2D eigenvalue weighted by Crippen LogP contribution is 2.59. The molecule has 176 valence electrons. The van der Waals surface area contributed by atoms with E-state index in [9.17, 15) is 13.6 Å². The molecule has 0 aromatic rings. The van der Waals surface area contributed by atoms with Crippen molar-refractivity contribution in [3.05, 3.63) is 0 Å². The van der Waals surface area contributed by atoms with Gasteiger partial charge in [-0.1, -0.05) is 41.0 Å². The van der Waals surface area contributed by atoms with Crippen LogP contribution in [-0.4, -0.2) is 32.9 Å². The smallest absolute Gasteiger partial charge is 0.376 e. The maximum absolute atomic E-state index is 14.2. The molecular weight excluding hydrogens is 402 g/mol. The molecule has 2 saturated carbocycles. The van der Waals surface area contributed by atoms with E-state index in [0.717, 1.165) is 19.3 Å². The van der Waals surface area contributed by atoms with Gasteiger partial charge in [-0.2, -0.15) is 8.78 Å². The van der Waals surface area contributed by atoms with E-state index in [1.807, 2.05) is 0 Å². The fraction of sp³-hybridized carbons (Fsp3) is 0.958. The van der Waals surface area contributed by atoms with Crippen LogP contribution < -0.4 is 0 Å². The molecule has 2 aliphatic carbocycles. The zero-order valence-corrected chi connectivity index (χ0v) is 21.1. The molecule has 0 N–H and O–H groups in total. The highest BCUT2D eigenvalue weighted by Gasteiger charge is 2.54. The Bertz CT molecular complexity index is 558. The van der Waals surface area contributed by atoms with Crippen molar-refractivity contribution in [2.45, 2.75) is 117 Å². The normalized spacial score (nSPS) is 30.7. The number of rotatable bonds is 11. The summed E-state index contributed by atoms with van der Waals surface area (Å²) in [6.45, 7) is 12.9. The van der Waals surface area contributed by atoms with Gasteiger partial charge in [0, 0.05) is 12.5 Å². The Labute approximate surface area is 183 Å². The van der Waals surface area contributed by atoms with Crippen molar-refractivity contribution in [2.24, 2.45) is 23.2 Å². The number of hydrogen-bond donors (Lipinski definition) is 0. The van der Waals surface area contributed by atoms with Crippen LogP contribution in [0.3, 0.4) is 0 Å². The zero-order chi connectivity index (χ0) is 22.6. The fourth-order valence-electron chi connectivity index (χ4n) is 6.51. The summed E-state index contributed by atoms with van der Waals surface area (Å²) in [5.41, 5.74) is 0.164. The summed E-state index contributed by atoms with van der Waals surface area (Å²) in [5, 5.41) is 0. The molecule has 0 spiro atoms. The number of halogens is 2. The first kappa shape index (κ1) is 25.8. The lowest BCUT2D eigenvalue weighted by Gasteiger charge is -2.49. The zero-order valence-electron chi connectivity index (χ0n) is 20.1. The molecule has 30 heavy (non-hydrogen) atoms. The van der Waals surface area contributed by atoms with Crippen LogP contribution in [0.1, 0.15) is 86.5 Å². The minimum Gasteiger partial charge on any atom is -0.462 e. The number of fused-ring (bicyclic) bond motifs is 1. The van der Waals surface area contributed by atoms with Crippen molar-refractivity contribution in [2.75, 3.05) is 6.61 Å². The average molecular weight is 447 g/mol. The number of alkyl halides is 2. The summed E-state index contributed by atoms with van der Waals surface area (Å²) in [5.74, 6) is -3.62. The molecule has 6 heteroatoms. The first-order valence-corrected chi connectivity index (χ1v) is 14.8. The molecule has 0 saturated heterocycles. The van der Waals surface area contributed by atoms with E-state index < -0.39 is 26.6 Å². The van der Waals surface area contributed by atoms with Gasteiger partial charge in [-0.05, 0) is 80.3 Å². The van der Waals surface area contributed by atoms with Crippen LogP contribution in [0.5, 0.6) is 0 Å². The quantitative estimate of drug-likeness (QED) is 0.248. The molecule has 3 nitrogen and oxygen atoms in total. The van der Waals surface area contributed by atoms with Gasteiger partial charge in [-0.15, -0.1) is 0 Å². The lowest BCUT2D eigenvalue weighted by atomic mass is 9.61. The third-order valence-electron chi connectivity index (χ3n) is 8.64. The SMILES string of the molecule is CCOC(=O)C(F)(F)CCC(C)C1CCC2[C@@H](O[Si](CC)(CC)CC)CCC[C@]12C. The largest absolute Gasteiger partial charge is 0.462 e. The van der Waals surface area contributed by atoms with Crippen molar-refractivity contribution >= 4 is 14.3 Å². The predicted molar refractivity (Wildman–Crippen MR) is 120 cm³/mol. The lowest BCUT2D eigenvalue weighted by Crippen LogP contribution is -2.48. The third kappa shape index (κ3) is 5.28. The topological polar surface area (TPSA) is 35.5 Å². The van der Waals surface area contributed by atoms with Crippen LogP contribution in [0.15, 0.2) is 0 Å². The van der Waals surface area contributed by atoms with Crippen LogP contribution in [0.2, 0.25) is 18.1 Å². The Kier molecular flexibility index (Phi) is 8.95. The molecule has 0 amide bonds. The molecule has 2 rings (SSSR count). The number of esters is 1. The summed E-state index contributed by atoms with van der Waals surface area (Å²) in [6, 6.07) is 3.51. The van der Waals surface area contributed by atoms with E-state index in [0.29, 0.717) is 24.4 Å². The predicted octanol–water partition coefficient (Wildman–Crippen LogP) is 7.21. The Balaban J connectivity index is 2.06. The second-order valence-corrected chi connectivity index (χ2v) is 14.8. The van der Waals surface area contributed by atoms with Crippen molar-refractivity contribution in [1.82, 2.24) is 0 Å². The number of hydrogen-bond acceptors (Lipinski definition) is 3. The Morgan fingerprint density at radius 1 is 1.13 bits per heavy atom. The highest BCUT2D eigenvalue weighted by atomic mass is 28.4. The molecule has 3 unspecified atom stereocenters. The third-order valence-corrected chi connectivity index (χ3v) is 13.3. The van der Waals surface area contributed by atoms with Crippen LogP contribution in [0.25, 0.3) is 0 Å². The summed E-state index contributed by atoms with van der Waals surface area (Å²) in [6.07, 6.45) is 6.01. The van der Waals surface area contributed by atoms with Gasteiger partial charge in [0.25, 0.3) is 0 Å². The van der Waals surface area contributed by atoms with E-state index in [-0.39, 0.29) is 17.9 Å². The van der Waals surface area contributed by atoms with Crippen molar-refractivity contribution in [3.8, 4) is 0 Å². The summed E-state index contributed by atoms with van der Waals surface area (Å²) in [4.78, 5) is 11.6. The van der Waals surface area contributed by atoms with Gasteiger partial charge in [0.1, 0.15) is 0 Å². The minimum atomic E-state index is -3.38. The molecule has 0 aromatic heterocycles. The van der Waals surface area contributed by atoms with Gasteiger partial charge in [-0.25, -0.2) is 4.79 Å². The molecule has 0 bridgehead atoms. The van der Waals surface area contributed by atoms with E-state index in [4.69, 9.17) is 4.43 Å². The molecule has 2 aliphatic rings. The summed E-state index contributed by atoms with van der Waals surface area (Å²) in [7, 11) is -1.66. The molecule has 0 aliphatic heterocycles. The van der Waals surface area contributed by atoms with Crippen molar-refractivity contribution in [3.63, 3.8) is 0 Å². The van der Waals surface area contributed by atoms with Gasteiger partial charge in [-0.3, -0.25) is 0 Å². The van der Waals surface area contributed by atoms with Crippen LogP contribution in [0, 0.1) is 23.2 Å². The van der Waals surface area contributed by atoms with Gasteiger partial charge in [0.2, 0.25) is 0 Å². The number of ether oxygens (including phenoxy) is 1. The van der Waals surface area contributed by atoms with Crippen molar-refractivity contribution < 1.29 is 22.7 Å². The first-order chi connectivity index (χ1) is 14.1. The van der Waals surface area contributed by atoms with Crippen molar-refractivity contribution in [1.29, 1.82) is 0 Å². The average Bonchev–Trinajstić information content (AvgIpc) is 3.08. The Hall–Kier alpha value is -0.493. The van der Waals surface area contributed by atoms with E-state index >= 15 is 0 Å².